The van der Waals surface area contributed by atoms with Crippen LogP contribution in [0.2, 0.25) is 0 Å². The van der Waals surface area contributed by atoms with Crippen molar-refractivity contribution in [2.24, 2.45) is 7.05 Å². The Morgan fingerprint density at radius 1 is 1.26 bits per heavy atom. The molecule has 1 aliphatic rings. The van der Waals surface area contributed by atoms with E-state index in [9.17, 15) is 19.5 Å². The summed E-state index contributed by atoms with van der Waals surface area (Å²) in [5.41, 5.74) is 0.0229. The Labute approximate surface area is 155 Å². The van der Waals surface area contributed by atoms with Crippen molar-refractivity contribution in [3.63, 3.8) is 0 Å². The molecule has 1 aliphatic carbocycles. The number of carboxylic acid groups (broad SMARTS) is 1. The lowest BCUT2D eigenvalue weighted by Crippen LogP contribution is -2.33. The van der Waals surface area contributed by atoms with Gasteiger partial charge in [-0.25, -0.2) is 4.79 Å². The molecule has 27 heavy (non-hydrogen) atoms. The topological polar surface area (TPSA) is 131 Å². The number of carboxylic acids is 1. The number of anilines is 1. The largest absolute Gasteiger partial charge is 0.478 e. The maximum atomic E-state index is 12.6. The van der Waals surface area contributed by atoms with Crippen molar-refractivity contribution in [2.75, 3.05) is 5.32 Å². The van der Waals surface area contributed by atoms with Gasteiger partial charge in [0, 0.05) is 25.8 Å². The van der Waals surface area contributed by atoms with Crippen LogP contribution in [-0.2, 0) is 13.6 Å². The van der Waals surface area contributed by atoms with Crippen molar-refractivity contribution in [3.8, 4) is 0 Å². The third-order valence-corrected chi connectivity index (χ3v) is 4.62. The summed E-state index contributed by atoms with van der Waals surface area (Å²) in [6, 6.07) is 0.114. The van der Waals surface area contributed by atoms with Gasteiger partial charge in [-0.05, 0) is 19.8 Å². The molecule has 3 N–H and O–H groups in total. The first-order chi connectivity index (χ1) is 12.9. The van der Waals surface area contributed by atoms with Crippen LogP contribution in [0, 0.1) is 0 Å². The second kappa shape index (κ2) is 7.60. The van der Waals surface area contributed by atoms with Crippen LogP contribution in [0.5, 0.6) is 0 Å². The van der Waals surface area contributed by atoms with Crippen molar-refractivity contribution < 1.29 is 19.5 Å². The highest BCUT2D eigenvalue weighted by atomic mass is 16.4. The van der Waals surface area contributed by atoms with Crippen LogP contribution in [0.15, 0.2) is 12.4 Å². The zero-order chi connectivity index (χ0) is 19.6. The number of aryl methyl sites for hydroxylation is 2. The average molecular weight is 374 g/mol. The normalized spacial score (nSPS) is 14.3. The van der Waals surface area contributed by atoms with E-state index in [1.165, 1.54) is 11.7 Å². The molecule has 10 heteroatoms. The molecule has 0 bridgehead atoms. The monoisotopic (exact) mass is 374 g/mol. The fourth-order valence-corrected chi connectivity index (χ4v) is 3.21. The number of carbonyl (C=O) groups is 3. The first-order valence-corrected chi connectivity index (χ1v) is 8.85. The number of hydrogen-bond acceptors (Lipinski definition) is 5. The summed E-state index contributed by atoms with van der Waals surface area (Å²) in [4.78, 5) is 36.5. The lowest BCUT2D eigenvalue weighted by atomic mass is 10.2. The molecule has 2 amide bonds. The summed E-state index contributed by atoms with van der Waals surface area (Å²) in [6.07, 6.45) is 6.68. The van der Waals surface area contributed by atoms with Crippen LogP contribution in [0.25, 0.3) is 0 Å². The highest BCUT2D eigenvalue weighted by Crippen LogP contribution is 2.21. The molecule has 1 saturated carbocycles. The summed E-state index contributed by atoms with van der Waals surface area (Å²) < 4.78 is 2.72. The van der Waals surface area contributed by atoms with Gasteiger partial charge >= 0.3 is 5.97 Å². The van der Waals surface area contributed by atoms with Gasteiger partial charge in [0.1, 0.15) is 11.3 Å². The first kappa shape index (κ1) is 18.6. The fraction of sp³-hybridized carbons (Fsp3) is 0.471. The Bertz CT molecular complexity index is 878. The Kier molecular flexibility index (Phi) is 5.24. The predicted octanol–water partition coefficient (Wildman–Crippen LogP) is 1.26. The summed E-state index contributed by atoms with van der Waals surface area (Å²) in [5.74, 6) is -2.28. The molecular weight excluding hydrogens is 352 g/mol. The Morgan fingerprint density at radius 3 is 2.59 bits per heavy atom. The van der Waals surface area contributed by atoms with E-state index >= 15 is 0 Å². The van der Waals surface area contributed by atoms with Crippen LogP contribution < -0.4 is 10.6 Å². The molecule has 0 unspecified atom stereocenters. The van der Waals surface area contributed by atoms with Crippen molar-refractivity contribution in [1.82, 2.24) is 24.9 Å². The van der Waals surface area contributed by atoms with Gasteiger partial charge in [0.15, 0.2) is 5.69 Å². The quantitative estimate of drug-likeness (QED) is 0.697. The Morgan fingerprint density at radius 2 is 1.96 bits per heavy atom. The second-order valence-corrected chi connectivity index (χ2v) is 6.49. The van der Waals surface area contributed by atoms with E-state index in [-0.39, 0.29) is 34.6 Å². The van der Waals surface area contributed by atoms with E-state index in [1.54, 1.807) is 10.9 Å². The molecule has 0 saturated heterocycles. The van der Waals surface area contributed by atoms with E-state index in [1.807, 2.05) is 6.92 Å². The maximum Gasteiger partial charge on any atom is 0.339 e. The van der Waals surface area contributed by atoms with E-state index in [0.717, 1.165) is 31.9 Å². The van der Waals surface area contributed by atoms with Crippen LogP contribution in [0.3, 0.4) is 0 Å². The van der Waals surface area contributed by atoms with E-state index in [2.05, 4.69) is 20.8 Å². The summed E-state index contributed by atoms with van der Waals surface area (Å²) in [6.45, 7) is 2.38. The number of rotatable bonds is 6. The van der Waals surface area contributed by atoms with Crippen LogP contribution in [0.1, 0.15) is 63.9 Å². The number of aromatic carboxylic acids is 1. The number of nitrogens with zero attached hydrogens (tertiary/aromatic N) is 4. The number of amides is 2. The van der Waals surface area contributed by atoms with Gasteiger partial charge in [-0.1, -0.05) is 12.8 Å². The maximum absolute atomic E-state index is 12.6. The summed E-state index contributed by atoms with van der Waals surface area (Å²) >= 11 is 0. The number of aromatic nitrogens is 4. The zero-order valence-electron chi connectivity index (χ0n) is 15.2. The van der Waals surface area contributed by atoms with Crippen LogP contribution in [-0.4, -0.2) is 48.5 Å². The predicted molar refractivity (Wildman–Crippen MR) is 95.7 cm³/mol. The lowest BCUT2D eigenvalue weighted by molar-refractivity contribution is 0.0691. The van der Waals surface area contributed by atoms with Crippen molar-refractivity contribution in [3.05, 3.63) is 29.3 Å². The Balaban J connectivity index is 1.85. The molecule has 0 aromatic carbocycles. The van der Waals surface area contributed by atoms with Crippen molar-refractivity contribution in [1.29, 1.82) is 0 Å². The van der Waals surface area contributed by atoms with Gasteiger partial charge in [-0.2, -0.15) is 10.2 Å². The molecule has 0 aliphatic heterocycles. The highest BCUT2D eigenvalue weighted by Gasteiger charge is 2.26. The lowest BCUT2D eigenvalue weighted by Gasteiger charge is -2.11. The first-order valence-electron chi connectivity index (χ1n) is 8.85. The molecule has 2 heterocycles. The molecule has 144 valence electrons. The van der Waals surface area contributed by atoms with Gasteiger partial charge < -0.3 is 15.7 Å². The van der Waals surface area contributed by atoms with Crippen LogP contribution in [0.4, 0.5) is 5.69 Å². The van der Waals surface area contributed by atoms with Gasteiger partial charge in [-0.3, -0.25) is 19.0 Å². The van der Waals surface area contributed by atoms with Gasteiger partial charge in [0.2, 0.25) is 0 Å². The molecule has 3 rings (SSSR count). The van der Waals surface area contributed by atoms with Crippen LogP contribution >= 0.6 is 0 Å². The molecule has 2 aromatic heterocycles. The smallest absolute Gasteiger partial charge is 0.339 e. The molecule has 1 fully saturated rings. The minimum absolute atomic E-state index is 0.103. The van der Waals surface area contributed by atoms with E-state index in [0.29, 0.717) is 6.54 Å². The third kappa shape index (κ3) is 3.83. The number of hydrogen-bond donors (Lipinski definition) is 3. The Hall–Kier alpha value is -3.17. The highest BCUT2D eigenvalue weighted by molar-refractivity contribution is 6.11. The fourth-order valence-electron chi connectivity index (χ4n) is 3.21. The van der Waals surface area contributed by atoms with E-state index in [4.69, 9.17) is 0 Å². The second-order valence-electron chi connectivity index (χ2n) is 6.49. The SMILES string of the molecule is CCn1cc(NC(=O)c2c(C(=O)O)cnn2C)c(C(=O)NC2CCCC2)n1. The molecule has 0 radical (unpaired) electrons. The minimum atomic E-state index is -1.25. The number of nitrogens with one attached hydrogen (secondary N) is 2. The van der Waals surface area contributed by atoms with E-state index < -0.39 is 11.9 Å². The van der Waals surface area contributed by atoms with Crippen molar-refractivity contribution >= 4 is 23.5 Å². The average Bonchev–Trinajstić information content (AvgIpc) is 3.34. The number of carbonyl (C=O) groups excluding carboxylic acids is 2. The summed E-state index contributed by atoms with van der Waals surface area (Å²) in [5, 5.41) is 22.8. The molecule has 2 aromatic rings. The van der Waals surface area contributed by atoms with Gasteiger partial charge in [-0.15, -0.1) is 0 Å². The standard InChI is InChI=1S/C17H22N6O4/c1-3-23-9-12(13(21-23)15(24)19-10-6-4-5-7-10)20-16(25)14-11(17(26)27)8-18-22(14)2/h8-10H,3-7H2,1-2H3,(H,19,24)(H,20,25)(H,26,27). The zero-order valence-corrected chi connectivity index (χ0v) is 15.2. The minimum Gasteiger partial charge on any atom is -0.478 e. The van der Waals surface area contributed by atoms with Gasteiger partial charge in [0.25, 0.3) is 11.8 Å². The summed E-state index contributed by atoms with van der Waals surface area (Å²) in [7, 11) is 1.48. The molecule has 0 atom stereocenters. The van der Waals surface area contributed by atoms with Gasteiger partial charge in [0.05, 0.1) is 11.9 Å². The molecule has 10 nitrogen and oxygen atoms in total. The third-order valence-electron chi connectivity index (χ3n) is 4.62. The molecular formula is C17H22N6O4. The molecule has 0 spiro atoms. The van der Waals surface area contributed by atoms with Crippen molar-refractivity contribution in [2.45, 2.75) is 45.2 Å².